The summed E-state index contributed by atoms with van der Waals surface area (Å²) in [5.74, 6) is 0.693. The van der Waals surface area contributed by atoms with Crippen LogP contribution in [0.5, 0.6) is 5.75 Å². The van der Waals surface area contributed by atoms with Crippen molar-refractivity contribution in [3.63, 3.8) is 0 Å². The molecule has 1 aliphatic rings. The molecule has 0 radical (unpaired) electrons. The fourth-order valence-corrected chi connectivity index (χ4v) is 3.30. The SMILES string of the molecule is CCOc1ccc(C(c2ccc(F)cc2)N2CCCNCC2)cc1. The molecule has 1 aliphatic heterocycles. The minimum absolute atomic E-state index is 0.140. The molecule has 1 atom stereocenters. The number of hydrogen-bond donors (Lipinski definition) is 1. The third-order valence-electron chi connectivity index (χ3n) is 4.43. The molecule has 3 rings (SSSR count). The van der Waals surface area contributed by atoms with Crippen LogP contribution in [-0.4, -0.2) is 37.7 Å². The van der Waals surface area contributed by atoms with Crippen LogP contribution in [0.1, 0.15) is 30.5 Å². The van der Waals surface area contributed by atoms with E-state index in [2.05, 4.69) is 22.3 Å². The maximum Gasteiger partial charge on any atom is 0.123 e. The van der Waals surface area contributed by atoms with Crippen molar-refractivity contribution in [1.82, 2.24) is 10.2 Å². The lowest BCUT2D eigenvalue weighted by molar-refractivity contribution is 0.241. The quantitative estimate of drug-likeness (QED) is 0.907. The zero-order valence-electron chi connectivity index (χ0n) is 14.2. The first-order chi connectivity index (χ1) is 11.8. The van der Waals surface area contributed by atoms with Crippen LogP contribution < -0.4 is 10.1 Å². The van der Waals surface area contributed by atoms with E-state index in [0.717, 1.165) is 43.9 Å². The van der Waals surface area contributed by atoms with Crippen LogP contribution in [0.2, 0.25) is 0 Å². The third kappa shape index (κ3) is 4.13. The molecule has 1 saturated heterocycles. The predicted molar refractivity (Wildman–Crippen MR) is 94.9 cm³/mol. The highest BCUT2D eigenvalue weighted by molar-refractivity contribution is 5.36. The molecule has 0 spiro atoms. The molecule has 3 nitrogen and oxygen atoms in total. The number of halogens is 1. The molecule has 128 valence electrons. The van der Waals surface area contributed by atoms with E-state index in [0.29, 0.717) is 6.61 Å². The van der Waals surface area contributed by atoms with Crippen molar-refractivity contribution in [2.45, 2.75) is 19.4 Å². The molecule has 2 aromatic carbocycles. The molecule has 0 aliphatic carbocycles. The van der Waals surface area contributed by atoms with Gasteiger partial charge in [-0.2, -0.15) is 0 Å². The number of nitrogens with one attached hydrogen (secondary N) is 1. The summed E-state index contributed by atoms with van der Waals surface area (Å²) >= 11 is 0. The normalized spacial score (nSPS) is 17.2. The minimum Gasteiger partial charge on any atom is -0.494 e. The molecule has 0 saturated carbocycles. The Morgan fingerprint density at radius 3 is 2.33 bits per heavy atom. The minimum atomic E-state index is -0.193. The molecule has 0 aromatic heterocycles. The second kappa shape index (κ2) is 8.27. The van der Waals surface area contributed by atoms with Gasteiger partial charge < -0.3 is 10.1 Å². The molecule has 1 N–H and O–H groups in total. The Bertz CT molecular complexity index is 619. The van der Waals surface area contributed by atoms with E-state index in [1.165, 1.54) is 5.56 Å². The highest BCUT2D eigenvalue weighted by atomic mass is 19.1. The summed E-state index contributed by atoms with van der Waals surface area (Å²) in [5.41, 5.74) is 2.34. The van der Waals surface area contributed by atoms with E-state index in [1.54, 1.807) is 12.1 Å². The van der Waals surface area contributed by atoms with E-state index in [-0.39, 0.29) is 11.9 Å². The van der Waals surface area contributed by atoms with Gasteiger partial charge in [0.05, 0.1) is 12.6 Å². The van der Waals surface area contributed by atoms with Gasteiger partial charge in [0.25, 0.3) is 0 Å². The van der Waals surface area contributed by atoms with Gasteiger partial charge in [0.1, 0.15) is 11.6 Å². The Morgan fingerprint density at radius 1 is 1.00 bits per heavy atom. The van der Waals surface area contributed by atoms with Crippen LogP contribution in [-0.2, 0) is 0 Å². The fraction of sp³-hybridized carbons (Fsp3) is 0.400. The van der Waals surface area contributed by atoms with E-state index in [9.17, 15) is 4.39 Å². The van der Waals surface area contributed by atoms with Crippen molar-refractivity contribution in [2.75, 3.05) is 32.8 Å². The van der Waals surface area contributed by atoms with Crippen molar-refractivity contribution >= 4 is 0 Å². The summed E-state index contributed by atoms with van der Waals surface area (Å²) in [6, 6.07) is 15.3. The summed E-state index contributed by atoms with van der Waals surface area (Å²) in [6.45, 7) is 6.69. The number of nitrogens with zero attached hydrogens (tertiary/aromatic N) is 1. The van der Waals surface area contributed by atoms with Crippen LogP contribution in [0.15, 0.2) is 48.5 Å². The summed E-state index contributed by atoms with van der Waals surface area (Å²) in [6.07, 6.45) is 1.12. The van der Waals surface area contributed by atoms with E-state index >= 15 is 0 Å². The van der Waals surface area contributed by atoms with Crippen molar-refractivity contribution in [2.24, 2.45) is 0 Å². The molecule has 2 aromatic rings. The smallest absolute Gasteiger partial charge is 0.123 e. The molecular weight excluding hydrogens is 303 g/mol. The number of benzene rings is 2. The van der Waals surface area contributed by atoms with Gasteiger partial charge in [0, 0.05) is 19.6 Å². The first kappa shape index (κ1) is 16.9. The van der Waals surface area contributed by atoms with Crippen molar-refractivity contribution in [3.8, 4) is 5.75 Å². The maximum atomic E-state index is 13.4. The largest absolute Gasteiger partial charge is 0.494 e. The average Bonchev–Trinajstić information content (AvgIpc) is 2.88. The third-order valence-corrected chi connectivity index (χ3v) is 4.43. The van der Waals surface area contributed by atoms with Gasteiger partial charge in [-0.25, -0.2) is 4.39 Å². The van der Waals surface area contributed by atoms with Gasteiger partial charge in [0.2, 0.25) is 0 Å². The number of rotatable bonds is 5. The second-order valence-electron chi connectivity index (χ2n) is 6.10. The standard InChI is InChI=1S/C20H25FN2O/c1-2-24-19-10-6-17(7-11-19)20(16-4-8-18(21)9-5-16)23-14-3-12-22-13-15-23/h4-11,20,22H,2-3,12-15H2,1H3. The fourth-order valence-electron chi connectivity index (χ4n) is 3.30. The second-order valence-corrected chi connectivity index (χ2v) is 6.10. The topological polar surface area (TPSA) is 24.5 Å². The molecule has 1 unspecified atom stereocenters. The summed E-state index contributed by atoms with van der Waals surface area (Å²) in [4.78, 5) is 2.48. The molecule has 0 bridgehead atoms. The monoisotopic (exact) mass is 328 g/mol. The van der Waals surface area contributed by atoms with E-state index in [4.69, 9.17) is 4.74 Å². The van der Waals surface area contributed by atoms with Crippen LogP contribution in [0.3, 0.4) is 0 Å². The molecule has 1 fully saturated rings. The highest BCUT2D eigenvalue weighted by Crippen LogP contribution is 2.30. The first-order valence-corrected chi connectivity index (χ1v) is 8.71. The van der Waals surface area contributed by atoms with E-state index < -0.39 is 0 Å². The number of hydrogen-bond acceptors (Lipinski definition) is 3. The molecule has 24 heavy (non-hydrogen) atoms. The van der Waals surface area contributed by atoms with Gasteiger partial charge in [-0.3, -0.25) is 4.90 Å². The number of ether oxygens (including phenoxy) is 1. The zero-order valence-corrected chi connectivity index (χ0v) is 14.2. The van der Waals surface area contributed by atoms with Gasteiger partial charge >= 0.3 is 0 Å². The lowest BCUT2D eigenvalue weighted by atomic mass is 9.96. The summed E-state index contributed by atoms with van der Waals surface area (Å²) in [5, 5.41) is 3.45. The van der Waals surface area contributed by atoms with Crippen LogP contribution in [0, 0.1) is 5.82 Å². The van der Waals surface area contributed by atoms with Gasteiger partial charge in [-0.1, -0.05) is 24.3 Å². The molecule has 1 heterocycles. The highest BCUT2D eigenvalue weighted by Gasteiger charge is 2.23. The van der Waals surface area contributed by atoms with Gasteiger partial charge in [-0.15, -0.1) is 0 Å². The molecule has 4 heteroatoms. The zero-order chi connectivity index (χ0) is 16.8. The van der Waals surface area contributed by atoms with Gasteiger partial charge in [0.15, 0.2) is 0 Å². The Kier molecular flexibility index (Phi) is 5.83. The Balaban J connectivity index is 1.92. The van der Waals surface area contributed by atoms with Crippen molar-refractivity contribution in [1.29, 1.82) is 0 Å². The summed E-state index contributed by atoms with van der Waals surface area (Å²) in [7, 11) is 0. The Labute approximate surface area is 143 Å². The van der Waals surface area contributed by atoms with E-state index in [1.807, 2.05) is 31.2 Å². The van der Waals surface area contributed by atoms with Crippen molar-refractivity contribution in [3.05, 3.63) is 65.5 Å². The van der Waals surface area contributed by atoms with Crippen LogP contribution in [0.25, 0.3) is 0 Å². The first-order valence-electron chi connectivity index (χ1n) is 8.71. The van der Waals surface area contributed by atoms with Crippen LogP contribution in [0.4, 0.5) is 4.39 Å². The predicted octanol–water partition coefficient (Wildman–Crippen LogP) is 3.61. The molecule has 0 amide bonds. The Hall–Kier alpha value is -1.91. The summed E-state index contributed by atoms with van der Waals surface area (Å²) < 4.78 is 18.9. The van der Waals surface area contributed by atoms with Crippen LogP contribution >= 0.6 is 0 Å². The van der Waals surface area contributed by atoms with Gasteiger partial charge in [-0.05, 0) is 55.3 Å². The Morgan fingerprint density at radius 2 is 1.67 bits per heavy atom. The lowest BCUT2D eigenvalue weighted by Crippen LogP contribution is -2.33. The van der Waals surface area contributed by atoms with Crippen molar-refractivity contribution < 1.29 is 9.13 Å². The average molecular weight is 328 g/mol. The maximum absolute atomic E-state index is 13.4. The lowest BCUT2D eigenvalue weighted by Gasteiger charge is -2.31. The molecular formula is C20H25FN2O.